The molecular weight excluding hydrogens is 252 g/mol. The molecule has 1 aliphatic heterocycles. The summed E-state index contributed by atoms with van der Waals surface area (Å²) in [4.78, 5) is 0. The molecule has 0 aromatic carbocycles. The fourth-order valence-corrected chi connectivity index (χ4v) is 1.26. The second-order valence-electron chi connectivity index (χ2n) is 3.60. The Balaban J connectivity index is 2.94. The van der Waals surface area contributed by atoms with Crippen molar-refractivity contribution in [2.75, 3.05) is 0 Å². The maximum absolute atomic E-state index is 12.2. The van der Waals surface area contributed by atoms with Crippen molar-refractivity contribution in [2.24, 2.45) is 11.5 Å². The molecule has 0 spiro atoms. The van der Waals surface area contributed by atoms with Gasteiger partial charge in [0, 0.05) is 11.9 Å². The number of hydrogen-bond acceptors (Lipinski definition) is 3. The molecular formula is C8H9F6N3. The average molecular weight is 261 g/mol. The van der Waals surface area contributed by atoms with E-state index in [4.69, 9.17) is 11.5 Å². The van der Waals surface area contributed by atoms with Gasteiger partial charge in [0.25, 0.3) is 0 Å². The summed E-state index contributed by atoms with van der Waals surface area (Å²) in [5.41, 5.74) is 6.26. The summed E-state index contributed by atoms with van der Waals surface area (Å²) in [5.74, 6) is 0. The van der Waals surface area contributed by atoms with Crippen molar-refractivity contribution in [2.45, 2.75) is 24.4 Å². The van der Waals surface area contributed by atoms with E-state index in [2.05, 4.69) is 0 Å². The van der Waals surface area contributed by atoms with Gasteiger partial charge in [0.2, 0.25) is 0 Å². The molecule has 98 valence electrons. The molecule has 0 amide bonds. The summed E-state index contributed by atoms with van der Waals surface area (Å²) in [7, 11) is 0. The van der Waals surface area contributed by atoms with Crippen LogP contribution in [0, 0.1) is 0 Å². The van der Waals surface area contributed by atoms with E-state index in [-0.39, 0.29) is 0 Å². The first kappa shape index (κ1) is 13.7. The first-order valence-corrected chi connectivity index (χ1v) is 4.32. The van der Waals surface area contributed by atoms with E-state index < -0.39 is 35.7 Å². The van der Waals surface area contributed by atoms with Crippen LogP contribution in [0.25, 0.3) is 0 Å². The molecule has 1 unspecified atom stereocenters. The molecule has 1 atom stereocenters. The molecule has 0 aromatic heterocycles. The Labute approximate surface area is 92.1 Å². The number of dihydropyridines is 1. The Morgan fingerprint density at radius 1 is 1.18 bits per heavy atom. The van der Waals surface area contributed by atoms with Gasteiger partial charge in [-0.15, -0.1) is 0 Å². The van der Waals surface area contributed by atoms with Crippen LogP contribution in [0.4, 0.5) is 26.3 Å². The molecule has 5 N–H and O–H groups in total. The number of halogens is 6. The third-order valence-corrected chi connectivity index (χ3v) is 2.12. The van der Waals surface area contributed by atoms with Crippen LogP contribution in [0.3, 0.4) is 0 Å². The fraction of sp³-hybridized carbons (Fsp3) is 0.500. The predicted molar refractivity (Wildman–Crippen MR) is 47.1 cm³/mol. The zero-order chi connectivity index (χ0) is 13.5. The van der Waals surface area contributed by atoms with Gasteiger partial charge in [0.15, 0.2) is 0 Å². The van der Waals surface area contributed by atoms with E-state index >= 15 is 0 Å². The number of rotatable bonds is 1. The van der Waals surface area contributed by atoms with Gasteiger partial charge in [-0.1, -0.05) is 0 Å². The standard InChI is InChI=1S/C8H9F6N3/c9-7(10,11)3-6(16)5(15)1-4(2-17-6)8(12,13)14/h1-2,17H,3,15-16H2. The van der Waals surface area contributed by atoms with Crippen molar-refractivity contribution in [3.8, 4) is 0 Å². The number of hydrogen-bond donors (Lipinski definition) is 3. The average Bonchev–Trinajstić information content (AvgIpc) is 2.04. The van der Waals surface area contributed by atoms with Gasteiger partial charge in [-0.3, -0.25) is 0 Å². The first-order valence-electron chi connectivity index (χ1n) is 4.32. The second kappa shape index (κ2) is 3.83. The highest BCUT2D eigenvalue weighted by atomic mass is 19.4. The lowest BCUT2D eigenvalue weighted by molar-refractivity contribution is -0.146. The molecule has 0 saturated carbocycles. The lowest BCUT2D eigenvalue weighted by atomic mass is 9.97. The van der Waals surface area contributed by atoms with Crippen molar-refractivity contribution in [1.82, 2.24) is 5.32 Å². The van der Waals surface area contributed by atoms with E-state index in [9.17, 15) is 26.3 Å². The maximum Gasteiger partial charge on any atom is 0.417 e. The Morgan fingerprint density at radius 3 is 2.06 bits per heavy atom. The van der Waals surface area contributed by atoms with E-state index in [1.165, 1.54) is 0 Å². The number of nitrogens with two attached hydrogens (primary N) is 2. The highest BCUT2D eigenvalue weighted by Gasteiger charge is 2.44. The van der Waals surface area contributed by atoms with Crippen LogP contribution in [0.1, 0.15) is 6.42 Å². The smallest absolute Gasteiger partial charge is 0.399 e. The molecule has 0 fully saturated rings. The van der Waals surface area contributed by atoms with Gasteiger partial charge in [0.1, 0.15) is 5.66 Å². The largest absolute Gasteiger partial charge is 0.417 e. The van der Waals surface area contributed by atoms with Crippen LogP contribution >= 0.6 is 0 Å². The summed E-state index contributed by atoms with van der Waals surface area (Å²) in [5, 5.41) is 1.84. The summed E-state index contributed by atoms with van der Waals surface area (Å²) < 4.78 is 73.1. The molecule has 1 aliphatic rings. The highest BCUT2D eigenvalue weighted by Crippen LogP contribution is 2.33. The van der Waals surface area contributed by atoms with Gasteiger partial charge in [0.05, 0.1) is 12.0 Å². The first-order chi connectivity index (χ1) is 7.44. The molecule has 0 bridgehead atoms. The van der Waals surface area contributed by atoms with Crippen molar-refractivity contribution >= 4 is 0 Å². The van der Waals surface area contributed by atoms with Crippen molar-refractivity contribution in [3.63, 3.8) is 0 Å². The van der Waals surface area contributed by atoms with Crippen LogP contribution in [0.5, 0.6) is 0 Å². The third kappa shape index (κ3) is 3.29. The molecule has 0 saturated heterocycles. The Bertz CT molecular complexity index is 366. The van der Waals surface area contributed by atoms with E-state index in [0.29, 0.717) is 12.3 Å². The summed E-state index contributed by atoms with van der Waals surface area (Å²) in [6.07, 6.45) is -10.1. The van der Waals surface area contributed by atoms with Gasteiger partial charge >= 0.3 is 12.4 Å². The molecule has 0 aromatic rings. The molecule has 9 heteroatoms. The monoisotopic (exact) mass is 261 g/mol. The number of alkyl halides is 6. The molecule has 1 heterocycles. The normalized spacial score (nSPS) is 26.1. The van der Waals surface area contributed by atoms with Crippen LogP contribution < -0.4 is 16.8 Å². The van der Waals surface area contributed by atoms with Gasteiger partial charge < -0.3 is 16.8 Å². The quantitative estimate of drug-likeness (QED) is 0.626. The maximum atomic E-state index is 12.2. The summed E-state index contributed by atoms with van der Waals surface area (Å²) >= 11 is 0. The predicted octanol–water partition coefficient (Wildman–Crippen LogP) is 1.49. The Morgan fingerprint density at radius 2 is 1.71 bits per heavy atom. The minimum absolute atomic E-state index is 0.377. The number of nitrogens with one attached hydrogen (secondary N) is 1. The topological polar surface area (TPSA) is 64.1 Å². The summed E-state index contributed by atoms with van der Waals surface area (Å²) in [6.45, 7) is 0. The van der Waals surface area contributed by atoms with Crippen LogP contribution in [0.2, 0.25) is 0 Å². The van der Waals surface area contributed by atoms with Gasteiger partial charge in [-0.2, -0.15) is 26.3 Å². The molecule has 1 rings (SSSR count). The minimum atomic E-state index is -4.70. The Kier molecular flexibility index (Phi) is 3.08. The second-order valence-corrected chi connectivity index (χ2v) is 3.60. The van der Waals surface area contributed by atoms with E-state index in [0.717, 1.165) is 0 Å². The lowest BCUT2D eigenvalue weighted by Crippen LogP contribution is -2.59. The molecule has 0 aliphatic carbocycles. The zero-order valence-electron chi connectivity index (χ0n) is 8.28. The highest BCUT2D eigenvalue weighted by molar-refractivity contribution is 5.35. The third-order valence-electron chi connectivity index (χ3n) is 2.12. The van der Waals surface area contributed by atoms with Crippen molar-refractivity contribution in [1.29, 1.82) is 0 Å². The zero-order valence-corrected chi connectivity index (χ0v) is 8.28. The minimum Gasteiger partial charge on any atom is -0.399 e. The molecule has 17 heavy (non-hydrogen) atoms. The van der Waals surface area contributed by atoms with E-state index in [1.54, 1.807) is 0 Å². The number of allylic oxidation sites excluding steroid dienone is 2. The van der Waals surface area contributed by atoms with E-state index in [1.807, 2.05) is 5.32 Å². The van der Waals surface area contributed by atoms with Crippen LogP contribution in [-0.4, -0.2) is 18.0 Å². The van der Waals surface area contributed by atoms with Gasteiger partial charge in [-0.05, 0) is 6.08 Å². The van der Waals surface area contributed by atoms with Crippen LogP contribution in [0.15, 0.2) is 23.5 Å². The Hall–Kier alpha value is -1.38. The lowest BCUT2D eigenvalue weighted by Gasteiger charge is -2.34. The fourth-order valence-electron chi connectivity index (χ4n) is 1.26. The molecule has 0 radical (unpaired) electrons. The van der Waals surface area contributed by atoms with Crippen molar-refractivity contribution < 1.29 is 26.3 Å². The molecule has 3 nitrogen and oxygen atoms in total. The van der Waals surface area contributed by atoms with Crippen molar-refractivity contribution in [3.05, 3.63) is 23.5 Å². The summed E-state index contributed by atoms with van der Waals surface area (Å²) in [6, 6.07) is 0. The van der Waals surface area contributed by atoms with Crippen LogP contribution in [-0.2, 0) is 0 Å². The van der Waals surface area contributed by atoms with Gasteiger partial charge in [-0.25, -0.2) is 0 Å². The SMILES string of the molecule is NC1=CC(C(F)(F)F)=CNC1(N)CC(F)(F)F.